The molecule has 10 nitrogen and oxygen atoms in total. The zero-order chi connectivity index (χ0) is 29.4. The summed E-state index contributed by atoms with van der Waals surface area (Å²) in [6.45, 7) is 12.3. The number of nitro benzene ring substituents is 1. The maximum atomic E-state index is 13.4. The summed E-state index contributed by atoms with van der Waals surface area (Å²) in [6.07, 6.45) is 0.493. The first-order valence-corrected chi connectivity index (χ1v) is 14.8. The van der Waals surface area contributed by atoms with Crippen molar-refractivity contribution in [1.82, 2.24) is 4.31 Å². The average molecular weight is 573 g/mol. The van der Waals surface area contributed by atoms with Crippen molar-refractivity contribution in [3.05, 3.63) is 75.4 Å². The molecule has 4 atom stereocenters. The van der Waals surface area contributed by atoms with Crippen molar-refractivity contribution in [2.45, 2.75) is 63.6 Å². The molecule has 2 saturated heterocycles. The van der Waals surface area contributed by atoms with Gasteiger partial charge in [-0.3, -0.25) is 10.1 Å². The molecular formula is C29H36N2O8S. The fourth-order valence-electron chi connectivity index (χ4n) is 5.70. The van der Waals surface area contributed by atoms with Gasteiger partial charge in [-0.25, -0.2) is 13.2 Å². The Morgan fingerprint density at radius 3 is 2.52 bits per heavy atom. The fraction of sp³-hybridized carbons (Fsp3) is 0.483. The lowest BCUT2D eigenvalue weighted by molar-refractivity contribution is -0.384. The number of hydrogen-bond donors (Lipinski definition) is 1. The van der Waals surface area contributed by atoms with Crippen LogP contribution in [-0.4, -0.2) is 54.5 Å². The number of carboxylic acids is 1. The molecular weight excluding hydrogens is 536 g/mol. The summed E-state index contributed by atoms with van der Waals surface area (Å²) in [5, 5.41) is 20.3. The van der Waals surface area contributed by atoms with Crippen LogP contribution in [0.4, 0.5) is 5.69 Å². The third-order valence-electron chi connectivity index (χ3n) is 7.86. The van der Waals surface area contributed by atoms with E-state index in [4.69, 9.17) is 9.47 Å². The summed E-state index contributed by atoms with van der Waals surface area (Å²) in [7, 11) is -3.84. The molecule has 216 valence electrons. The molecule has 0 spiro atoms. The number of sulfonamides is 1. The number of carboxylic acid groups (broad SMARTS) is 1. The van der Waals surface area contributed by atoms with Gasteiger partial charge in [0.2, 0.25) is 10.0 Å². The topological polar surface area (TPSA) is 136 Å². The number of piperidine rings is 1. The third-order valence-corrected chi connectivity index (χ3v) is 9.74. The number of fused-ring (bicyclic) bond motifs is 1. The molecule has 0 bridgehead atoms. The van der Waals surface area contributed by atoms with E-state index < -0.39 is 33.6 Å². The second-order valence-electron chi connectivity index (χ2n) is 11.0. The van der Waals surface area contributed by atoms with Crippen LogP contribution < -0.4 is 4.74 Å². The number of carbonyl (C=O) groups is 1. The van der Waals surface area contributed by atoms with Gasteiger partial charge < -0.3 is 14.6 Å². The Labute approximate surface area is 234 Å². The van der Waals surface area contributed by atoms with Crippen molar-refractivity contribution in [3.8, 4) is 5.75 Å². The highest BCUT2D eigenvalue weighted by atomic mass is 32.2. The highest BCUT2D eigenvalue weighted by Crippen LogP contribution is 2.49. The van der Waals surface area contributed by atoms with Gasteiger partial charge in [0, 0.05) is 36.7 Å². The van der Waals surface area contributed by atoms with E-state index in [0.717, 1.165) is 22.3 Å². The van der Waals surface area contributed by atoms with Gasteiger partial charge >= 0.3 is 5.97 Å². The van der Waals surface area contributed by atoms with Crippen LogP contribution >= 0.6 is 0 Å². The first-order chi connectivity index (χ1) is 18.8. The number of aryl methyl sites for hydroxylation is 1. The highest BCUT2D eigenvalue weighted by Gasteiger charge is 2.45. The second-order valence-corrected chi connectivity index (χ2v) is 13.0. The van der Waals surface area contributed by atoms with E-state index in [9.17, 15) is 28.4 Å². The summed E-state index contributed by atoms with van der Waals surface area (Å²) in [5.74, 6) is -0.590. The van der Waals surface area contributed by atoms with Crippen molar-refractivity contribution < 1.29 is 32.7 Å². The molecule has 0 amide bonds. The molecule has 2 aromatic carbocycles. The van der Waals surface area contributed by atoms with E-state index in [1.165, 1.54) is 28.6 Å². The number of benzene rings is 2. The first-order valence-electron chi connectivity index (χ1n) is 13.3. The molecule has 2 heterocycles. The lowest BCUT2D eigenvalue weighted by Gasteiger charge is -2.47. The van der Waals surface area contributed by atoms with Crippen LogP contribution in [0.2, 0.25) is 0 Å². The maximum absolute atomic E-state index is 13.4. The van der Waals surface area contributed by atoms with Crippen LogP contribution in [0.5, 0.6) is 5.75 Å². The molecule has 0 aliphatic carbocycles. The Hall–Kier alpha value is -3.28. The minimum absolute atomic E-state index is 0.0173. The number of ether oxygens (including phenoxy) is 2. The van der Waals surface area contributed by atoms with Gasteiger partial charge in [0.05, 0.1) is 22.0 Å². The zero-order valence-electron chi connectivity index (χ0n) is 23.2. The fourth-order valence-corrected chi connectivity index (χ4v) is 7.21. The van der Waals surface area contributed by atoms with Crippen LogP contribution in [0.1, 0.15) is 62.3 Å². The standard InChI is InChI=1S/C29H36N2O8S/c1-17(2)20-12-19(5)28(26(14-20)38-16-27(32)33)29-24(18(3)4)13-21-15-30(11-10-25(21)39-29)40(36,37)23-8-6-22(7-9-23)31(34)35/h6-9,12,14,17,21,24-25,29H,3,10-11,13,15-16H2,1-2,4-5H3,(H,32,33)/t21-,24-,25+,29+/m1/s1. The molecule has 1 N–H and O–H groups in total. The zero-order valence-corrected chi connectivity index (χ0v) is 24.0. The maximum Gasteiger partial charge on any atom is 0.341 e. The van der Waals surface area contributed by atoms with Gasteiger partial charge in [-0.15, -0.1) is 0 Å². The summed E-state index contributed by atoms with van der Waals surface area (Å²) >= 11 is 0. The largest absolute Gasteiger partial charge is 0.482 e. The predicted octanol–water partition coefficient (Wildman–Crippen LogP) is 5.22. The van der Waals surface area contributed by atoms with Crippen molar-refractivity contribution in [3.63, 3.8) is 0 Å². The molecule has 2 fully saturated rings. The van der Waals surface area contributed by atoms with E-state index in [2.05, 4.69) is 26.5 Å². The SMILES string of the molecule is C=C(C)[C@H]1C[C@@H]2CN(S(=O)(=O)c3ccc([N+](=O)[O-])cc3)CC[C@@H]2O[C@@H]1c1c(C)cc(C(C)C)cc1OCC(=O)O. The summed E-state index contributed by atoms with van der Waals surface area (Å²) in [5.41, 5.74) is 3.50. The Bertz CT molecular complexity index is 1400. The molecule has 11 heteroatoms. The number of rotatable bonds is 9. The van der Waals surface area contributed by atoms with Gasteiger partial charge in [-0.05, 0) is 67.9 Å². The summed E-state index contributed by atoms with van der Waals surface area (Å²) in [4.78, 5) is 21.8. The molecule has 4 rings (SSSR count). The van der Waals surface area contributed by atoms with E-state index in [1.807, 2.05) is 19.9 Å². The lowest BCUT2D eigenvalue weighted by Crippen LogP contribution is -2.50. The molecule has 40 heavy (non-hydrogen) atoms. The number of hydrogen-bond acceptors (Lipinski definition) is 7. The van der Waals surface area contributed by atoms with E-state index >= 15 is 0 Å². The number of nitrogens with zero attached hydrogens (tertiary/aromatic N) is 2. The van der Waals surface area contributed by atoms with E-state index in [-0.39, 0.29) is 47.5 Å². The van der Waals surface area contributed by atoms with Gasteiger partial charge in [0.1, 0.15) is 5.75 Å². The number of nitro groups is 1. The molecule has 2 aliphatic rings. The summed E-state index contributed by atoms with van der Waals surface area (Å²) < 4.78 is 40.7. The van der Waals surface area contributed by atoms with Crippen LogP contribution in [0.3, 0.4) is 0 Å². The van der Waals surface area contributed by atoms with Gasteiger partial charge in [0.15, 0.2) is 6.61 Å². The van der Waals surface area contributed by atoms with Crippen LogP contribution in [0.15, 0.2) is 53.4 Å². The highest BCUT2D eigenvalue weighted by molar-refractivity contribution is 7.89. The van der Waals surface area contributed by atoms with E-state index in [1.54, 1.807) is 0 Å². The normalized spacial score (nSPS) is 23.4. The van der Waals surface area contributed by atoms with Crippen molar-refractivity contribution in [1.29, 1.82) is 0 Å². The molecule has 0 unspecified atom stereocenters. The van der Waals surface area contributed by atoms with E-state index in [0.29, 0.717) is 18.6 Å². The minimum atomic E-state index is -3.84. The summed E-state index contributed by atoms with van der Waals surface area (Å²) in [6, 6.07) is 8.90. The number of aliphatic carboxylic acids is 1. The Balaban J connectivity index is 1.61. The van der Waals surface area contributed by atoms with Crippen LogP contribution in [-0.2, 0) is 19.6 Å². The van der Waals surface area contributed by atoms with Gasteiger partial charge in [-0.1, -0.05) is 32.1 Å². The molecule has 0 radical (unpaired) electrons. The average Bonchev–Trinajstić information content (AvgIpc) is 2.90. The van der Waals surface area contributed by atoms with Crippen LogP contribution in [0, 0.1) is 28.9 Å². The monoisotopic (exact) mass is 572 g/mol. The number of non-ortho nitro benzene ring substituents is 1. The van der Waals surface area contributed by atoms with Gasteiger partial charge in [-0.2, -0.15) is 4.31 Å². The molecule has 0 aromatic heterocycles. The Morgan fingerprint density at radius 1 is 1.27 bits per heavy atom. The predicted molar refractivity (Wildman–Crippen MR) is 149 cm³/mol. The lowest BCUT2D eigenvalue weighted by atomic mass is 9.75. The minimum Gasteiger partial charge on any atom is -0.482 e. The third kappa shape index (κ3) is 6.06. The van der Waals surface area contributed by atoms with Crippen molar-refractivity contribution >= 4 is 21.7 Å². The Kier molecular flexibility index (Phi) is 8.67. The molecule has 2 aromatic rings. The van der Waals surface area contributed by atoms with Gasteiger partial charge in [0.25, 0.3) is 5.69 Å². The van der Waals surface area contributed by atoms with Crippen molar-refractivity contribution in [2.75, 3.05) is 19.7 Å². The van der Waals surface area contributed by atoms with Crippen molar-refractivity contribution in [2.24, 2.45) is 11.8 Å². The first kappa shape index (κ1) is 29.7. The Morgan fingerprint density at radius 2 is 1.95 bits per heavy atom. The smallest absolute Gasteiger partial charge is 0.341 e. The molecule has 2 aliphatic heterocycles. The van der Waals surface area contributed by atoms with Crippen LogP contribution in [0.25, 0.3) is 0 Å². The molecule has 0 saturated carbocycles. The second kappa shape index (κ2) is 11.7. The quantitative estimate of drug-likeness (QED) is 0.245.